The average molecular weight is 347 g/mol. The van der Waals surface area contributed by atoms with Gasteiger partial charge in [0.15, 0.2) is 9.84 Å². The zero-order valence-electron chi connectivity index (χ0n) is 13.9. The van der Waals surface area contributed by atoms with Crippen LogP contribution in [0.3, 0.4) is 0 Å². The van der Waals surface area contributed by atoms with Gasteiger partial charge in [-0.1, -0.05) is 24.3 Å². The molecule has 1 N–H and O–H groups in total. The maximum Gasteiger partial charge on any atom is 0.228 e. The number of anilines is 1. The highest BCUT2D eigenvalue weighted by Gasteiger charge is 2.18. The van der Waals surface area contributed by atoms with E-state index in [1.54, 1.807) is 57.4 Å². The Morgan fingerprint density at radius 3 is 2.29 bits per heavy atom. The van der Waals surface area contributed by atoms with E-state index < -0.39 is 15.1 Å². The molecule has 0 atom stereocenters. The molecule has 0 unspecified atom stereocenters. The van der Waals surface area contributed by atoms with Crippen molar-refractivity contribution in [3.63, 3.8) is 0 Å². The number of carbonyl (C=O) groups is 1. The van der Waals surface area contributed by atoms with Crippen molar-refractivity contribution in [2.24, 2.45) is 0 Å². The minimum absolute atomic E-state index is 0.153. The van der Waals surface area contributed by atoms with Gasteiger partial charge in [-0.2, -0.15) is 0 Å². The van der Waals surface area contributed by atoms with Crippen molar-refractivity contribution in [1.29, 1.82) is 0 Å². The number of nitrogens with one attached hydrogen (secondary N) is 1. The lowest BCUT2D eigenvalue weighted by atomic mass is 10.1. The number of para-hydroxylation sites is 2. The molecule has 128 valence electrons. The summed E-state index contributed by atoms with van der Waals surface area (Å²) < 4.78 is 29.4. The Morgan fingerprint density at radius 1 is 1.08 bits per heavy atom. The normalized spacial score (nSPS) is 11.3. The molecule has 2 aromatic rings. The first-order valence-corrected chi connectivity index (χ1v) is 9.15. The number of carbonyl (C=O) groups excluding carboxylic acids is 1. The van der Waals surface area contributed by atoms with Crippen LogP contribution in [-0.2, 0) is 21.1 Å². The maximum absolute atomic E-state index is 12.2. The highest BCUT2D eigenvalue weighted by Crippen LogP contribution is 2.23. The molecule has 0 radical (unpaired) electrons. The fraction of sp³-hybridized carbons (Fsp3) is 0.278. The van der Waals surface area contributed by atoms with Gasteiger partial charge in [-0.3, -0.25) is 4.79 Å². The number of hydrogen-bond acceptors (Lipinski definition) is 4. The Morgan fingerprint density at radius 2 is 1.71 bits per heavy atom. The van der Waals surface area contributed by atoms with Crippen molar-refractivity contribution in [3.8, 4) is 5.75 Å². The molecule has 5 nitrogen and oxygen atoms in total. The quantitative estimate of drug-likeness (QED) is 0.872. The van der Waals surface area contributed by atoms with Gasteiger partial charge in [0.1, 0.15) is 5.75 Å². The molecule has 1 amide bonds. The molecule has 0 aliphatic carbocycles. The first kappa shape index (κ1) is 18.0. The van der Waals surface area contributed by atoms with E-state index in [0.29, 0.717) is 11.4 Å². The number of ether oxygens (including phenoxy) is 1. The standard InChI is InChI=1S/C18H21NO4S/c1-13(2)24(21,22)15-10-8-14(9-11-15)12-18(20)19-16-6-4-5-7-17(16)23-3/h4-11,13H,12H2,1-3H3,(H,19,20). The SMILES string of the molecule is COc1ccccc1NC(=O)Cc1ccc(S(=O)(=O)C(C)C)cc1. The summed E-state index contributed by atoms with van der Waals surface area (Å²) in [7, 11) is -1.76. The van der Waals surface area contributed by atoms with Gasteiger partial charge in [0.2, 0.25) is 5.91 Å². The predicted octanol–water partition coefficient (Wildman–Crippen LogP) is 3.06. The number of hydrogen-bond donors (Lipinski definition) is 1. The number of methoxy groups -OCH3 is 1. The summed E-state index contributed by atoms with van der Waals surface area (Å²) in [5.41, 5.74) is 1.34. The first-order chi connectivity index (χ1) is 11.3. The zero-order chi connectivity index (χ0) is 17.7. The molecule has 0 spiro atoms. The fourth-order valence-electron chi connectivity index (χ4n) is 2.20. The number of benzene rings is 2. The lowest BCUT2D eigenvalue weighted by Gasteiger charge is -2.10. The molecular weight excluding hydrogens is 326 g/mol. The molecular formula is C18H21NO4S. The Labute approximate surface area is 142 Å². The minimum Gasteiger partial charge on any atom is -0.495 e. The van der Waals surface area contributed by atoms with Crippen LogP contribution in [0.25, 0.3) is 0 Å². The summed E-state index contributed by atoms with van der Waals surface area (Å²) in [5.74, 6) is 0.392. The summed E-state index contributed by atoms with van der Waals surface area (Å²) in [4.78, 5) is 12.4. The highest BCUT2D eigenvalue weighted by molar-refractivity contribution is 7.92. The van der Waals surface area contributed by atoms with Crippen LogP contribution >= 0.6 is 0 Å². The third-order valence-corrected chi connectivity index (χ3v) is 5.79. The Bertz CT molecular complexity index is 811. The summed E-state index contributed by atoms with van der Waals surface area (Å²) in [6, 6.07) is 13.6. The molecule has 0 bridgehead atoms. The van der Waals surface area contributed by atoms with Crippen LogP contribution in [0.4, 0.5) is 5.69 Å². The second kappa shape index (κ2) is 7.49. The summed E-state index contributed by atoms with van der Waals surface area (Å²) in [6.07, 6.45) is 0.153. The lowest BCUT2D eigenvalue weighted by Crippen LogP contribution is -2.16. The van der Waals surface area contributed by atoms with Crippen LogP contribution in [0.2, 0.25) is 0 Å². The molecule has 2 rings (SSSR count). The van der Waals surface area contributed by atoms with Gasteiger partial charge >= 0.3 is 0 Å². The second-order valence-electron chi connectivity index (χ2n) is 5.66. The van der Waals surface area contributed by atoms with Crippen molar-refractivity contribution in [2.75, 3.05) is 12.4 Å². The van der Waals surface area contributed by atoms with E-state index in [4.69, 9.17) is 4.74 Å². The van der Waals surface area contributed by atoms with Gasteiger partial charge in [0, 0.05) is 0 Å². The molecule has 6 heteroatoms. The molecule has 0 aliphatic rings. The smallest absolute Gasteiger partial charge is 0.228 e. The third-order valence-electron chi connectivity index (χ3n) is 3.62. The fourth-order valence-corrected chi connectivity index (χ4v) is 3.26. The van der Waals surface area contributed by atoms with E-state index in [9.17, 15) is 13.2 Å². The van der Waals surface area contributed by atoms with Crippen LogP contribution in [-0.4, -0.2) is 26.7 Å². The molecule has 24 heavy (non-hydrogen) atoms. The summed E-state index contributed by atoms with van der Waals surface area (Å²) in [5, 5.41) is 2.32. The highest BCUT2D eigenvalue weighted by atomic mass is 32.2. The van der Waals surface area contributed by atoms with E-state index in [2.05, 4.69) is 5.32 Å². The summed E-state index contributed by atoms with van der Waals surface area (Å²) >= 11 is 0. The first-order valence-electron chi connectivity index (χ1n) is 7.60. The summed E-state index contributed by atoms with van der Waals surface area (Å²) in [6.45, 7) is 3.29. The molecule has 0 fully saturated rings. The van der Waals surface area contributed by atoms with Gasteiger partial charge in [0.25, 0.3) is 0 Å². The van der Waals surface area contributed by atoms with Gasteiger partial charge in [0.05, 0.1) is 29.4 Å². The Kier molecular flexibility index (Phi) is 5.62. The van der Waals surface area contributed by atoms with Crippen LogP contribution in [0.15, 0.2) is 53.4 Å². The maximum atomic E-state index is 12.2. The van der Waals surface area contributed by atoms with Crippen LogP contribution in [0.5, 0.6) is 5.75 Å². The number of amides is 1. The molecule has 0 saturated heterocycles. The van der Waals surface area contributed by atoms with Crippen molar-refractivity contribution in [3.05, 3.63) is 54.1 Å². The minimum atomic E-state index is -3.30. The third kappa shape index (κ3) is 4.14. The Hall–Kier alpha value is -2.34. The van der Waals surface area contributed by atoms with Crippen molar-refractivity contribution < 1.29 is 17.9 Å². The van der Waals surface area contributed by atoms with Crippen LogP contribution in [0, 0.1) is 0 Å². The Balaban J connectivity index is 2.07. The van der Waals surface area contributed by atoms with E-state index in [1.165, 1.54) is 0 Å². The van der Waals surface area contributed by atoms with E-state index in [0.717, 1.165) is 5.56 Å². The lowest BCUT2D eigenvalue weighted by molar-refractivity contribution is -0.115. The van der Waals surface area contributed by atoms with Gasteiger partial charge in [-0.25, -0.2) is 8.42 Å². The van der Waals surface area contributed by atoms with E-state index in [1.807, 2.05) is 12.1 Å². The topological polar surface area (TPSA) is 72.5 Å². The van der Waals surface area contributed by atoms with Crippen molar-refractivity contribution >= 4 is 21.4 Å². The van der Waals surface area contributed by atoms with Gasteiger partial charge < -0.3 is 10.1 Å². The molecule has 0 heterocycles. The molecule has 2 aromatic carbocycles. The van der Waals surface area contributed by atoms with Crippen molar-refractivity contribution in [2.45, 2.75) is 30.4 Å². The monoisotopic (exact) mass is 347 g/mol. The largest absolute Gasteiger partial charge is 0.495 e. The molecule has 0 aromatic heterocycles. The molecule has 0 saturated carbocycles. The predicted molar refractivity (Wildman–Crippen MR) is 94.1 cm³/mol. The van der Waals surface area contributed by atoms with Crippen LogP contribution < -0.4 is 10.1 Å². The number of sulfone groups is 1. The number of rotatable bonds is 6. The van der Waals surface area contributed by atoms with Crippen molar-refractivity contribution in [1.82, 2.24) is 0 Å². The van der Waals surface area contributed by atoms with Gasteiger partial charge in [-0.05, 0) is 43.7 Å². The second-order valence-corrected chi connectivity index (χ2v) is 8.17. The van der Waals surface area contributed by atoms with E-state index >= 15 is 0 Å². The van der Waals surface area contributed by atoms with E-state index in [-0.39, 0.29) is 17.2 Å². The zero-order valence-corrected chi connectivity index (χ0v) is 14.8. The van der Waals surface area contributed by atoms with Gasteiger partial charge in [-0.15, -0.1) is 0 Å². The average Bonchev–Trinajstić information content (AvgIpc) is 2.55. The van der Waals surface area contributed by atoms with Crippen LogP contribution in [0.1, 0.15) is 19.4 Å². The molecule has 0 aliphatic heterocycles.